The lowest BCUT2D eigenvalue weighted by atomic mass is 10.1. The summed E-state index contributed by atoms with van der Waals surface area (Å²) < 4.78 is 0. The number of rotatable bonds is 5. The number of anilines is 1. The largest absolute Gasteiger partial charge is 0.363 e. The van der Waals surface area contributed by atoms with E-state index in [2.05, 4.69) is 22.1 Å². The Labute approximate surface area is 127 Å². The summed E-state index contributed by atoms with van der Waals surface area (Å²) in [4.78, 5) is 20.9. The molecule has 0 aromatic carbocycles. The highest BCUT2D eigenvalue weighted by Crippen LogP contribution is 2.11. The molecule has 1 aliphatic rings. The number of nitrogens with one attached hydrogen (secondary N) is 1. The molecule has 0 aliphatic carbocycles. The van der Waals surface area contributed by atoms with Crippen LogP contribution in [0.4, 0.5) is 5.82 Å². The number of carbonyl (C=O) groups is 1. The van der Waals surface area contributed by atoms with Gasteiger partial charge in [0.1, 0.15) is 5.82 Å². The maximum absolute atomic E-state index is 12.3. The quantitative estimate of drug-likeness (QED) is 0.897. The van der Waals surface area contributed by atoms with Crippen LogP contribution in [0.3, 0.4) is 0 Å². The van der Waals surface area contributed by atoms with Crippen molar-refractivity contribution >= 4 is 11.7 Å². The average Bonchev–Trinajstić information content (AvgIpc) is 2.48. The summed E-state index contributed by atoms with van der Waals surface area (Å²) in [6.45, 7) is 5.30. The van der Waals surface area contributed by atoms with Crippen molar-refractivity contribution in [2.75, 3.05) is 38.6 Å². The monoisotopic (exact) mass is 290 g/mol. The van der Waals surface area contributed by atoms with E-state index in [0.29, 0.717) is 5.56 Å². The first-order valence-electron chi connectivity index (χ1n) is 7.73. The molecule has 2 rings (SSSR count). The Morgan fingerprint density at radius 2 is 2.10 bits per heavy atom. The zero-order chi connectivity index (χ0) is 15.2. The van der Waals surface area contributed by atoms with Gasteiger partial charge in [-0.3, -0.25) is 4.79 Å². The van der Waals surface area contributed by atoms with Gasteiger partial charge in [0.2, 0.25) is 0 Å². The van der Waals surface area contributed by atoms with E-state index in [-0.39, 0.29) is 11.9 Å². The lowest BCUT2D eigenvalue weighted by molar-refractivity contribution is 0.0925. The van der Waals surface area contributed by atoms with E-state index in [4.69, 9.17) is 0 Å². The van der Waals surface area contributed by atoms with Gasteiger partial charge in [0.05, 0.1) is 0 Å². The predicted octanol–water partition coefficient (Wildman–Crippen LogP) is 1.75. The Hall–Kier alpha value is -1.62. The Bertz CT molecular complexity index is 469. The molecule has 5 nitrogen and oxygen atoms in total. The van der Waals surface area contributed by atoms with Gasteiger partial charge in [-0.15, -0.1) is 0 Å². The number of amides is 1. The van der Waals surface area contributed by atoms with Crippen LogP contribution in [0.25, 0.3) is 0 Å². The molecular formula is C16H26N4O. The van der Waals surface area contributed by atoms with E-state index >= 15 is 0 Å². The van der Waals surface area contributed by atoms with Crippen molar-refractivity contribution in [3.8, 4) is 0 Å². The Balaban J connectivity index is 1.89. The lowest BCUT2D eigenvalue weighted by Gasteiger charge is -2.29. The van der Waals surface area contributed by atoms with Crippen molar-refractivity contribution < 1.29 is 4.79 Å². The summed E-state index contributed by atoms with van der Waals surface area (Å²) in [5.74, 6) is 0.774. The van der Waals surface area contributed by atoms with Crippen LogP contribution in [0.15, 0.2) is 18.3 Å². The third-order valence-corrected chi connectivity index (χ3v) is 3.82. The van der Waals surface area contributed by atoms with Gasteiger partial charge in [-0.2, -0.15) is 0 Å². The SMILES string of the molecule is C[C@@H](CN1CCCCC1)NC(=O)c1ccnc(N(C)C)c1. The molecule has 2 heterocycles. The minimum Gasteiger partial charge on any atom is -0.363 e. The zero-order valence-electron chi connectivity index (χ0n) is 13.3. The van der Waals surface area contributed by atoms with Crippen LogP contribution in [0.2, 0.25) is 0 Å². The molecule has 0 spiro atoms. The van der Waals surface area contributed by atoms with Crippen molar-refractivity contribution in [3.63, 3.8) is 0 Å². The summed E-state index contributed by atoms with van der Waals surface area (Å²) in [7, 11) is 3.84. The van der Waals surface area contributed by atoms with Gasteiger partial charge < -0.3 is 15.1 Å². The number of aromatic nitrogens is 1. The van der Waals surface area contributed by atoms with Crippen molar-refractivity contribution in [3.05, 3.63) is 23.9 Å². The Kier molecular flexibility index (Phi) is 5.56. The number of hydrogen-bond donors (Lipinski definition) is 1. The third-order valence-electron chi connectivity index (χ3n) is 3.82. The molecule has 0 radical (unpaired) electrons. The number of likely N-dealkylation sites (tertiary alicyclic amines) is 1. The molecule has 1 N–H and O–H groups in total. The fraction of sp³-hybridized carbons (Fsp3) is 0.625. The average molecular weight is 290 g/mol. The van der Waals surface area contributed by atoms with Gasteiger partial charge in [0, 0.05) is 38.4 Å². The van der Waals surface area contributed by atoms with Crippen LogP contribution in [0.1, 0.15) is 36.5 Å². The smallest absolute Gasteiger partial charge is 0.251 e. The molecule has 1 atom stereocenters. The van der Waals surface area contributed by atoms with Crippen molar-refractivity contribution in [2.45, 2.75) is 32.2 Å². The van der Waals surface area contributed by atoms with Gasteiger partial charge in [-0.1, -0.05) is 6.42 Å². The zero-order valence-corrected chi connectivity index (χ0v) is 13.3. The number of hydrogen-bond acceptors (Lipinski definition) is 4. The maximum Gasteiger partial charge on any atom is 0.251 e. The van der Waals surface area contributed by atoms with E-state index in [0.717, 1.165) is 25.5 Å². The van der Waals surface area contributed by atoms with E-state index < -0.39 is 0 Å². The topological polar surface area (TPSA) is 48.5 Å². The molecule has 1 amide bonds. The molecule has 0 unspecified atom stereocenters. The second-order valence-electron chi connectivity index (χ2n) is 6.03. The molecule has 116 valence electrons. The van der Waals surface area contributed by atoms with Gasteiger partial charge in [-0.05, 0) is 45.0 Å². The van der Waals surface area contributed by atoms with Gasteiger partial charge in [0.25, 0.3) is 5.91 Å². The molecule has 1 saturated heterocycles. The highest BCUT2D eigenvalue weighted by molar-refractivity contribution is 5.95. The van der Waals surface area contributed by atoms with E-state index in [1.165, 1.54) is 19.3 Å². The van der Waals surface area contributed by atoms with Crippen LogP contribution in [0.5, 0.6) is 0 Å². The lowest BCUT2D eigenvalue weighted by Crippen LogP contribution is -2.43. The van der Waals surface area contributed by atoms with Gasteiger partial charge in [-0.25, -0.2) is 4.98 Å². The fourth-order valence-corrected chi connectivity index (χ4v) is 2.69. The number of piperidine rings is 1. The molecule has 1 aliphatic heterocycles. The molecule has 0 saturated carbocycles. The summed E-state index contributed by atoms with van der Waals surface area (Å²) in [6, 6.07) is 3.74. The van der Waals surface area contributed by atoms with Gasteiger partial charge in [0.15, 0.2) is 0 Å². The molecule has 21 heavy (non-hydrogen) atoms. The second-order valence-corrected chi connectivity index (χ2v) is 6.03. The highest BCUT2D eigenvalue weighted by Gasteiger charge is 2.16. The molecule has 1 fully saturated rings. The Morgan fingerprint density at radius 3 is 2.76 bits per heavy atom. The minimum atomic E-state index is -0.0231. The molecule has 1 aromatic rings. The first-order chi connectivity index (χ1) is 10.1. The number of carbonyl (C=O) groups excluding carboxylic acids is 1. The van der Waals surface area contributed by atoms with Crippen molar-refractivity contribution in [1.82, 2.24) is 15.2 Å². The standard InChI is InChI=1S/C16H26N4O/c1-13(12-20-9-5-4-6-10-20)18-16(21)14-7-8-17-15(11-14)19(2)3/h7-8,11,13H,4-6,9-10,12H2,1-3H3,(H,18,21)/t13-/m0/s1. The highest BCUT2D eigenvalue weighted by atomic mass is 16.1. The first kappa shape index (κ1) is 15.8. The third kappa shape index (κ3) is 4.70. The van der Waals surface area contributed by atoms with Gasteiger partial charge >= 0.3 is 0 Å². The molecule has 1 aromatic heterocycles. The summed E-state index contributed by atoms with van der Waals surface area (Å²) in [5, 5.41) is 3.08. The van der Waals surface area contributed by atoms with E-state index in [1.54, 1.807) is 12.3 Å². The normalized spacial score (nSPS) is 17.3. The fourth-order valence-electron chi connectivity index (χ4n) is 2.69. The van der Waals surface area contributed by atoms with Crippen LogP contribution in [0, 0.1) is 0 Å². The maximum atomic E-state index is 12.3. The van der Waals surface area contributed by atoms with E-state index in [9.17, 15) is 4.79 Å². The second kappa shape index (κ2) is 7.41. The first-order valence-corrected chi connectivity index (χ1v) is 7.73. The number of pyridine rings is 1. The predicted molar refractivity (Wildman–Crippen MR) is 85.8 cm³/mol. The van der Waals surface area contributed by atoms with Crippen LogP contribution < -0.4 is 10.2 Å². The van der Waals surface area contributed by atoms with E-state index in [1.807, 2.05) is 25.1 Å². The minimum absolute atomic E-state index is 0.0231. The Morgan fingerprint density at radius 1 is 1.38 bits per heavy atom. The summed E-state index contributed by atoms with van der Waals surface area (Å²) >= 11 is 0. The molecule has 5 heteroatoms. The summed E-state index contributed by atoms with van der Waals surface area (Å²) in [6.07, 6.45) is 5.57. The van der Waals surface area contributed by atoms with Crippen molar-refractivity contribution in [1.29, 1.82) is 0 Å². The molecule has 0 bridgehead atoms. The van der Waals surface area contributed by atoms with Crippen molar-refractivity contribution in [2.24, 2.45) is 0 Å². The summed E-state index contributed by atoms with van der Waals surface area (Å²) in [5.41, 5.74) is 0.666. The number of nitrogens with zero attached hydrogens (tertiary/aromatic N) is 3. The van der Waals surface area contributed by atoms with Crippen LogP contribution >= 0.6 is 0 Å². The van der Waals surface area contributed by atoms with Crippen LogP contribution in [-0.4, -0.2) is 55.6 Å². The van der Waals surface area contributed by atoms with Crippen LogP contribution in [-0.2, 0) is 0 Å². The molecular weight excluding hydrogens is 264 g/mol.